The topological polar surface area (TPSA) is 29.9 Å². The van der Waals surface area contributed by atoms with Crippen molar-refractivity contribution in [2.24, 2.45) is 7.05 Å². The highest BCUT2D eigenvalue weighted by Crippen LogP contribution is 2.10. The Labute approximate surface area is 102 Å². The summed E-state index contributed by atoms with van der Waals surface area (Å²) in [4.78, 5) is 0. The normalized spacial score (nSPS) is 12.6. The van der Waals surface area contributed by atoms with Gasteiger partial charge in [0, 0.05) is 37.9 Å². The quantitative estimate of drug-likeness (QED) is 0.852. The summed E-state index contributed by atoms with van der Waals surface area (Å²) in [5.74, 6) is 0. The van der Waals surface area contributed by atoms with E-state index in [2.05, 4.69) is 47.7 Å². The van der Waals surface area contributed by atoms with E-state index < -0.39 is 0 Å². The van der Waals surface area contributed by atoms with E-state index in [1.807, 2.05) is 24.0 Å². The minimum atomic E-state index is 0.393. The van der Waals surface area contributed by atoms with Gasteiger partial charge in [-0.15, -0.1) is 0 Å². The number of benzene rings is 1. The first kappa shape index (κ1) is 11.9. The third-order valence-corrected chi connectivity index (χ3v) is 3.05. The first-order valence-electron chi connectivity index (χ1n) is 6.02. The second-order valence-electron chi connectivity index (χ2n) is 4.28. The predicted octanol–water partition coefficient (Wildman–Crippen LogP) is 2.31. The van der Waals surface area contributed by atoms with E-state index in [0.29, 0.717) is 6.04 Å². The van der Waals surface area contributed by atoms with E-state index in [0.717, 1.165) is 13.0 Å². The van der Waals surface area contributed by atoms with Crippen LogP contribution in [0.3, 0.4) is 0 Å². The molecule has 0 radical (unpaired) electrons. The summed E-state index contributed by atoms with van der Waals surface area (Å²) in [6.07, 6.45) is 2.85. The fourth-order valence-corrected chi connectivity index (χ4v) is 1.92. The van der Waals surface area contributed by atoms with Crippen LogP contribution >= 0.6 is 0 Å². The van der Waals surface area contributed by atoms with Crippen molar-refractivity contribution >= 4 is 0 Å². The number of aryl methyl sites for hydroxylation is 1. The zero-order chi connectivity index (χ0) is 12.1. The molecule has 0 saturated carbocycles. The first-order chi connectivity index (χ1) is 8.27. The number of hydrogen-bond donors (Lipinski definition) is 1. The maximum Gasteiger partial charge on any atom is 0.0492 e. The van der Waals surface area contributed by atoms with Crippen molar-refractivity contribution in [1.82, 2.24) is 15.1 Å². The van der Waals surface area contributed by atoms with Crippen LogP contribution in [0.4, 0.5) is 0 Å². The van der Waals surface area contributed by atoms with Crippen molar-refractivity contribution < 1.29 is 0 Å². The molecule has 1 unspecified atom stereocenters. The first-order valence-corrected chi connectivity index (χ1v) is 6.02. The molecule has 0 aliphatic heterocycles. The summed E-state index contributed by atoms with van der Waals surface area (Å²) in [5, 5.41) is 7.68. The molecule has 0 amide bonds. The summed E-state index contributed by atoms with van der Waals surface area (Å²) in [6.45, 7) is 3.16. The maximum absolute atomic E-state index is 4.16. The Balaban J connectivity index is 1.81. The minimum absolute atomic E-state index is 0.393. The molecular weight excluding hydrogens is 210 g/mol. The van der Waals surface area contributed by atoms with Crippen LogP contribution < -0.4 is 5.32 Å². The Morgan fingerprint density at radius 1 is 1.24 bits per heavy atom. The van der Waals surface area contributed by atoms with Gasteiger partial charge in [-0.1, -0.05) is 30.3 Å². The molecule has 0 bridgehead atoms. The molecule has 2 rings (SSSR count). The molecule has 3 nitrogen and oxygen atoms in total. The second-order valence-corrected chi connectivity index (χ2v) is 4.28. The summed E-state index contributed by atoms with van der Waals surface area (Å²) >= 11 is 0. The average Bonchev–Trinajstić information content (AvgIpc) is 2.76. The number of nitrogens with zero attached hydrogens (tertiary/aromatic N) is 2. The van der Waals surface area contributed by atoms with E-state index >= 15 is 0 Å². The van der Waals surface area contributed by atoms with Gasteiger partial charge in [0.1, 0.15) is 0 Å². The van der Waals surface area contributed by atoms with Crippen molar-refractivity contribution in [3.63, 3.8) is 0 Å². The van der Waals surface area contributed by atoms with Gasteiger partial charge in [-0.2, -0.15) is 5.10 Å². The highest BCUT2D eigenvalue weighted by molar-refractivity contribution is 5.18. The predicted molar refractivity (Wildman–Crippen MR) is 69.8 cm³/mol. The van der Waals surface area contributed by atoms with Crippen LogP contribution in [-0.4, -0.2) is 16.3 Å². The van der Waals surface area contributed by atoms with Gasteiger partial charge in [0.15, 0.2) is 0 Å². The molecule has 17 heavy (non-hydrogen) atoms. The summed E-state index contributed by atoms with van der Waals surface area (Å²) in [5.41, 5.74) is 2.59. The van der Waals surface area contributed by atoms with E-state index in [9.17, 15) is 0 Å². The van der Waals surface area contributed by atoms with Crippen molar-refractivity contribution in [1.29, 1.82) is 0 Å². The lowest BCUT2D eigenvalue weighted by molar-refractivity contribution is 0.564. The lowest BCUT2D eigenvalue weighted by Crippen LogP contribution is -2.22. The van der Waals surface area contributed by atoms with Gasteiger partial charge in [-0.25, -0.2) is 0 Å². The van der Waals surface area contributed by atoms with Crippen LogP contribution in [0.15, 0.2) is 42.6 Å². The zero-order valence-corrected chi connectivity index (χ0v) is 10.4. The van der Waals surface area contributed by atoms with Gasteiger partial charge in [-0.3, -0.25) is 4.68 Å². The largest absolute Gasteiger partial charge is 0.310 e. The molecule has 90 valence electrons. The van der Waals surface area contributed by atoms with Gasteiger partial charge in [0.25, 0.3) is 0 Å². The Kier molecular flexibility index (Phi) is 3.94. The average molecular weight is 229 g/mol. The number of rotatable bonds is 5. The Hall–Kier alpha value is -1.61. The number of nitrogens with one attached hydrogen (secondary N) is 1. The molecule has 2 aromatic rings. The van der Waals surface area contributed by atoms with Crippen LogP contribution in [0.5, 0.6) is 0 Å². The van der Waals surface area contributed by atoms with Crippen molar-refractivity contribution in [2.45, 2.75) is 19.4 Å². The molecule has 0 fully saturated rings. The molecule has 1 heterocycles. The molecule has 1 aromatic heterocycles. The van der Waals surface area contributed by atoms with E-state index in [4.69, 9.17) is 0 Å². The van der Waals surface area contributed by atoms with Gasteiger partial charge in [0.05, 0.1) is 0 Å². The summed E-state index contributed by atoms with van der Waals surface area (Å²) in [6, 6.07) is 13.0. The molecular formula is C14H19N3. The molecule has 0 saturated heterocycles. The van der Waals surface area contributed by atoms with Crippen LogP contribution in [0, 0.1) is 0 Å². The van der Waals surface area contributed by atoms with Gasteiger partial charge in [0.2, 0.25) is 0 Å². The Morgan fingerprint density at radius 2 is 2.00 bits per heavy atom. The van der Waals surface area contributed by atoms with Crippen LogP contribution in [-0.2, 0) is 13.5 Å². The van der Waals surface area contributed by atoms with Crippen molar-refractivity contribution in [2.75, 3.05) is 6.54 Å². The molecule has 1 N–H and O–H groups in total. The maximum atomic E-state index is 4.16. The SMILES string of the molecule is CC(NCCc1ccnn1C)c1ccccc1. The molecule has 1 atom stereocenters. The smallest absolute Gasteiger partial charge is 0.0492 e. The summed E-state index contributed by atoms with van der Waals surface area (Å²) in [7, 11) is 1.98. The van der Waals surface area contributed by atoms with Gasteiger partial charge in [-0.05, 0) is 18.6 Å². The lowest BCUT2D eigenvalue weighted by atomic mass is 10.1. The van der Waals surface area contributed by atoms with Crippen LogP contribution in [0.25, 0.3) is 0 Å². The van der Waals surface area contributed by atoms with Crippen LogP contribution in [0.1, 0.15) is 24.2 Å². The highest BCUT2D eigenvalue weighted by Gasteiger charge is 2.04. The Morgan fingerprint density at radius 3 is 2.65 bits per heavy atom. The zero-order valence-electron chi connectivity index (χ0n) is 10.4. The van der Waals surface area contributed by atoms with Crippen molar-refractivity contribution in [3.05, 3.63) is 53.9 Å². The Bertz CT molecular complexity index is 448. The summed E-state index contributed by atoms with van der Waals surface area (Å²) < 4.78 is 1.93. The van der Waals surface area contributed by atoms with Gasteiger partial charge >= 0.3 is 0 Å². The molecule has 0 aliphatic carbocycles. The third-order valence-electron chi connectivity index (χ3n) is 3.05. The minimum Gasteiger partial charge on any atom is -0.310 e. The van der Waals surface area contributed by atoms with Crippen LogP contribution in [0.2, 0.25) is 0 Å². The number of aromatic nitrogens is 2. The van der Waals surface area contributed by atoms with E-state index in [-0.39, 0.29) is 0 Å². The van der Waals surface area contributed by atoms with Crippen molar-refractivity contribution in [3.8, 4) is 0 Å². The van der Waals surface area contributed by atoms with E-state index in [1.54, 1.807) is 0 Å². The molecule has 3 heteroatoms. The fraction of sp³-hybridized carbons (Fsp3) is 0.357. The number of hydrogen-bond acceptors (Lipinski definition) is 2. The third kappa shape index (κ3) is 3.17. The lowest BCUT2D eigenvalue weighted by Gasteiger charge is -2.14. The molecule has 1 aromatic carbocycles. The fourth-order valence-electron chi connectivity index (χ4n) is 1.92. The van der Waals surface area contributed by atoms with Gasteiger partial charge < -0.3 is 5.32 Å². The monoisotopic (exact) mass is 229 g/mol. The van der Waals surface area contributed by atoms with E-state index in [1.165, 1.54) is 11.3 Å². The molecule has 0 spiro atoms. The standard InChI is InChI=1S/C14H19N3/c1-12(13-6-4-3-5-7-13)15-10-8-14-9-11-16-17(14)2/h3-7,9,11-12,15H,8,10H2,1-2H3. The second kappa shape index (κ2) is 5.64. The molecule has 0 aliphatic rings. The highest BCUT2D eigenvalue weighted by atomic mass is 15.3.